The van der Waals surface area contributed by atoms with E-state index in [4.69, 9.17) is 33.2 Å². The standard InChI is InChI=1S/C45H46N4O9/c46-49-48-40-42(54-28-35-20-10-3-11-21-35)41(53-27-34-18-8-2-9-19-34)39(32-52-26-33-16-6-1-7-17-33)58-44(40)56-31-38(43(50)55-29-36-22-12-4-13-23-36)47-45(51)57-30-37-24-14-5-15-25-37/h1-25,38-42,44H,26-32H2,(H,47,51)/t38-,39+,40+,41-,42+,44-/m0/s1. The Kier molecular flexibility index (Phi) is 16.2. The molecule has 13 nitrogen and oxygen atoms in total. The Morgan fingerprint density at radius 1 is 0.603 bits per heavy atom. The second-order valence-corrected chi connectivity index (χ2v) is 13.4. The van der Waals surface area contributed by atoms with Crippen molar-refractivity contribution in [2.24, 2.45) is 5.11 Å². The van der Waals surface area contributed by atoms with Gasteiger partial charge in [-0.1, -0.05) is 157 Å². The fraction of sp³-hybridized carbons (Fsp3) is 0.289. The van der Waals surface area contributed by atoms with Gasteiger partial charge in [0.05, 0.1) is 33.0 Å². The predicted molar refractivity (Wildman–Crippen MR) is 213 cm³/mol. The monoisotopic (exact) mass is 786 g/mol. The number of benzene rings is 5. The molecule has 58 heavy (non-hydrogen) atoms. The van der Waals surface area contributed by atoms with Gasteiger partial charge in [-0.2, -0.15) is 0 Å². The third-order valence-corrected chi connectivity index (χ3v) is 9.20. The van der Waals surface area contributed by atoms with E-state index in [1.165, 1.54) is 0 Å². The molecular formula is C45H46N4O9. The van der Waals surface area contributed by atoms with Crippen molar-refractivity contribution in [1.29, 1.82) is 0 Å². The molecule has 0 spiro atoms. The molecule has 1 amide bonds. The number of azide groups is 1. The Balaban J connectivity index is 1.24. The lowest BCUT2D eigenvalue weighted by Crippen LogP contribution is -2.61. The summed E-state index contributed by atoms with van der Waals surface area (Å²) in [6.45, 7) is 0.186. The maximum atomic E-state index is 13.6. The van der Waals surface area contributed by atoms with E-state index >= 15 is 0 Å². The van der Waals surface area contributed by atoms with Gasteiger partial charge >= 0.3 is 12.1 Å². The predicted octanol–water partition coefficient (Wildman–Crippen LogP) is 7.83. The summed E-state index contributed by atoms with van der Waals surface area (Å²) in [6, 6.07) is 44.7. The molecule has 0 radical (unpaired) electrons. The van der Waals surface area contributed by atoms with Crippen LogP contribution in [0.15, 0.2) is 157 Å². The smallest absolute Gasteiger partial charge is 0.408 e. The van der Waals surface area contributed by atoms with Crippen LogP contribution in [0.2, 0.25) is 0 Å². The molecule has 13 heteroatoms. The molecule has 1 saturated heterocycles. The zero-order valence-corrected chi connectivity index (χ0v) is 31.9. The minimum absolute atomic E-state index is 0.0283. The van der Waals surface area contributed by atoms with Crippen LogP contribution in [0.25, 0.3) is 10.4 Å². The van der Waals surface area contributed by atoms with E-state index in [9.17, 15) is 15.1 Å². The molecule has 0 unspecified atom stereocenters. The number of esters is 1. The summed E-state index contributed by atoms with van der Waals surface area (Å²) >= 11 is 0. The number of ether oxygens (including phenoxy) is 7. The van der Waals surface area contributed by atoms with Crippen molar-refractivity contribution in [2.45, 2.75) is 69.7 Å². The van der Waals surface area contributed by atoms with Crippen LogP contribution in [-0.2, 0) is 71.0 Å². The van der Waals surface area contributed by atoms with Crippen LogP contribution in [0.1, 0.15) is 27.8 Å². The normalized spacial score (nSPS) is 19.3. The van der Waals surface area contributed by atoms with Gasteiger partial charge in [0, 0.05) is 4.91 Å². The van der Waals surface area contributed by atoms with E-state index in [1.807, 2.05) is 152 Å². The highest BCUT2D eigenvalue weighted by Crippen LogP contribution is 2.31. The molecule has 0 saturated carbocycles. The van der Waals surface area contributed by atoms with Gasteiger partial charge in [-0.3, -0.25) is 0 Å². The van der Waals surface area contributed by atoms with Gasteiger partial charge in [0.25, 0.3) is 0 Å². The fourth-order valence-electron chi connectivity index (χ4n) is 6.23. The second kappa shape index (κ2) is 22.6. The Labute approximate surface area is 337 Å². The van der Waals surface area contributed by atoms with Gasteiger partial charge in [0.1, 0.15) is 37.6 Å². The maximum Gasteiger partial charge on any atom is 0.408 e. The van der Waals surface area contributed by atoms with Gasteiger partial charge in [0.15, 0.2) is 12.3 Å². The van der Waals surface area contributed by atoms with Crippen molar-refractivity contribution in [3.63, 3.8) is 0 Å². The molecule has 1 aliphatic rings. The average Bonchev–Trinajstić information content (AvgIpc) is 3.27. The minimum Gasteiger partial charge on any atom is -0.459 e. The Hall–Kier alpha value is -6.05. The first-order valence-corrected chi connectivity index (χ1v) is 19.0. The highest BCUT2D eigenvalue weighted by molar-refractivity contribution is 5.81. The first kappa shape index (κ1) is 41.6. The SMILES string of the molecule is [N-]=[N+]=N[C@H]1[C@@H](OC[C@H](NC(=O)OCc2ccccc2)C(=O)OCc2ccccc2)O[C@H](COCc2ccccc2)[C@H](OCc2ccccc2)[C@@H]1OCc1ccccc1. The molecule has 1 heterocycles. The number of nitrogens with one attached hydrogen (secondary N) is 1. The van der Waals surface area contributed by atoms with Crippen molar-refractivity contribution in [3.8, 4) is 0 Å². The zero-order valence-electron chi connectivity index (χ0n) is 31.9. The van der Waals surface area contributed by atoms with E-state index in [0.717, 1.165) is 27.8 Å². The van der Waals surface area contributed by atoms with E-state index in [1.54, 1.807) is 0 Å². The van der Waals surface area contributed by atoms with Crippen molar-refractivity contribution in [3.05, 3.63) is 190 Å². The van der Waals surface area contributed by atoms with E-state index in [-0.39, 0.29) is 39.6 Å². The van der Waals surface area contributed by atoms with Gasteiger partial charge in [0.2, 0.25) is 0 Å². The van der Waals surface area contributed by atoms with Crippen molar-refractivity contribution >= 4 is 12.1 Å². The summed E-state index contributed by atoms with van der Waals surface area (Å²) < 4.78 is 43.1. The van der Waals surface area contributed by atoms with Gasteiger partial charge < -0.3 is 38.5 Å². The molecule has 1 fully saturated rings. The molecule has 0 aliphatic carbocycles. The average molecular weight is 787 g/mol. The number of nitrogens with zero attached hydrogens (tertiary/aromatic N) is 3. The van der Waals surface area contributed by atoms with E-state index in [2.05, 4.69) is 15.3 Å². The van der Waals surface area contributed by atoms with Crippen LogP contribution < -0.4 is 5.32 Å². The van der Waals surface area contributed by atoms with Gasteiger partial charge in [-0.15, -0.1) is 0 Å². The summed E-state index contributed by atoms with van der Waals surface area (Å²) in [7, 11) is 0. The third-order valence-electron chi connectivity index (χ3n) is 9.20. The lowest BCUT2D eigenvalue weighted by atomic mass is 9.96. The molecular weight excluding hydrogens is 741 g/mol. The van der Waals surface area contributed by atoms with E-state index in [0.29, 0.717) is 0 Å². The summed E-state index contributed by atoms with van der Waals surface area (Å²) in [5.74, 6) is -0.777. The number of amides is 1. The molecule has 0 aromatic heterocycles. The number of rotatable bonds is 20. The maximum absolute atomic E-state index is 13.6. The topological polar surface area (TPSA) is 160 Å². The molecule has 5 aromatic carbocycles. The first-order chi connectivity index (χ1) is 28.6. The Bertz CT molecular complexity index is 2010. The summed E-state index contributed by atoms with van der Waals surface area (Å²) in [5, 5.41) is 6.68. The lowest BCUT2D eigenvalue weighted by Gasteiger charge is -2.44. The number of carbonyl (C=O) groups excluding carboxylic acids is 2. The summed E-state index contributed by atoms with van der Waals surface area (Å²) in [6.07, 6.45) is -4.64. The number of alkyl carbamates (subject to hydrolysis) is 1. The van der Waals surface area contributed by atoms with Crippen molar-refractivity contribution in [2.75, 3.05) is 13.2 Å². The molecule has 0 bridgehead atoms. The van der Waals surface area contributed by atoms with Crippen LogP contribution in [0.4, 0.5) is 4.79 Å². The molecule has 1 aliphatic heterocycles. The van der Waals surface area contributed by atoms with Gasteiger partial charge in [-0.25, -0.2) is 9.59 Å². The lowest BCUT2D eigenvalue weighted by molar-refractivity contribution is -0.287. The second-order valence-electron chi connectivity index (χ2n) is 13.4. The fourth-order valence-corrected chi connectivity index (χ4v) is 6.23. The first-order valence-electron chi connectivity index (χ1n) is 19.0. The number of hydrogen-bond acceptors (Lipinski definition) is 10. The van der Waals surface area contributed by atoms with Crippen LogP contribution in [0.3, 0.4) is 0 Å². The highest BCUT2D eigenvalue weighted by atomic mass is 16.7. The quantitative estimate of drug-likeness (QED) is 0.0359. The zero-order chi connectivity index (χ0) is 40.2. The molecule has 1 N–H and O–H groups in total. The largest absolute Gasteiger partial charge is 0.459 e. The molecule has 5 aromatic rings. The van der Waals surface area contributed by atoms with Crippen LogP contribution in [-0.4, -0.2) is 62.0 Å². The summed E-state index contributed by atoms with van der Waals surface area (Å²) in [4.78, 5) is 29.8. The van der Waals surface area contributed by atoms with Gasteiger partial charge in [-0.05, 0) is 33.3 Å². The van der Waals surface area contributed by atoms with Crippen LogP contribution >= 0.6 is 0 Å². The minimum atomic E-state index is -1.34. The Morgan fingerprint density at radius 2 is 1.05 bits per heavy atom. The number of hydrogen-bond donors (Lipinski definition) is 1. The third kappa shape index (κ3) is 13.0. The number of carbonyl (C=O) groups is 2. The van der Waals surface area contributed by atoms with Crippen LogP contribution in [0, 0.1) is 0 Å². The van der Waals surface area contributed by atoms with Crippen LogP contribution in [0.5, 0.6) is 0 Å². The molecule has 6 rings (SSSR count). The molecule has 6 atom stereocenters. The van der Waals surface area contributed by atoms with E-state index < -0.39 is 55.4 Å². The highest BCUT2D eigenvalue weighted by Gasteiger charge is 2.48. The van der Waals surface area contributed by atoms with Crippen molar-refractivity contribution < 1.29 is 42.7 Å². The van der Waals surface area contributed by atoms with Crippen molar-refractivity contribution in [1.82, 2.24) is 5.32 Å². The Morgan fingerprint density at radius 3 is 1.55 bits per heavy atom. The summed E-state index contributed by atoms with van der Waals surface area (Å²) in [5.41, 5.74) is 14.1. The molecule has 300 valence electrons.